The van der Waals surface area contributed by atoms with Crippen LogP contribution >= 0.6 is 11.3 Å². The van der Waals surface area contributed by atoms with Gasteiger partial charge in [0.15, 0.2) is 0 Å². The Bertz CT molecular complexity index is 476. The number of aryl methyl sites for hydroxylation is 1. The standard InChI is InChI=1S/C12H15N3OS/c1-13-11(16)5-2-7-15-8-6-14-12(15)10-4-3-9-17-10/h3-4,6,8-9H,2,5,7H2,1H3,(H,13,16). The maximum Gasteiger partial charge on any atom is 0.219 e. The summed E-state index contributed by atoms with van der Waals surface area (Å²) < 4.78 is 2.09. The summed E-state index contributed by atoms with van der Waals surface area (Å²) >= 11 is 1.68. The second-order valence-corrected chi connectivity index (χ2v) is 4.65. The Morgan fingerprint density at radius 1 is 1.59 bits per heavy atom. The van der Waals surface area contributed by atoms with Crippen molar-refractivity contribution in [3.05, 3.63) is 29.9 Å². The molecule has 0 fully saturated rings. The molecular formula is C12H15N3OS. The Hall–Kier alpha value is -1.62. The summed E-state index contributed by atoms with van der Waals surface area (Å²) in [5, 5.41) is 4.67. The normalized spacial score (nSPS) is 10.4. The summed E-state index contributed by atoms with van der Waals surface area (Å²) in [7, 11) is 1.66. The van der Waals surface area contributed by atoms with Crippen molar-refractivity contribution < 1.29 is 4.79 Å². The van der Waals surface area contributed by atoms with Crippen molar-refractivity contribution in [2.45, 2.75) is 19.4 Å². The van der Waals surface area contributed by atoms with E-state index in [4.69, 9.17) is 0 Å². The van der Waals surface area contributed by atoms with Crippen molar-refractivity contribution in [3.63, 3.8) is 0 Å². The van der Waals surface area contributed by atoms with Crippen LogP contribution in [0.5, 0.6) is 0 Å². The van der Waals surface area contributed by atoms with Gasteiger partial charge in [-0.3, -0.25) is 4.79 Å². The van der Waals surface area contributed by atoms with Crippen LogP contribution in [0.2, 0.25) is 0 Å². The van der Waals surface area contributed by atoms with E-state index >= 15 is 0 Å². The van der Waals surface area contributed by atoms with Crippen molar-refractivity contribution >= 4 is 17.2 Å². The van der Waals surface area contributed by atoms with E-state index in [0.717, 1.165) is 23.7 Å². The van der Waals surface area contributed by atoms with Gasteiger partial charge < -0.3 is 9.88 Å². The fourth-order valence-electron chi connectivity index (χ4n) is 1.66. The van der Waals surface area contributed by atoms with Crippen LogP contribution in [-0.4, -0.2) is 22.5 Å². The molecule has 1 amide bonds. The third-order valence-corrected chi connectivity index (χ3v) is 3.40. The van der Waals surface area contributed by atoms with Gasteiger partial charge in [0.2, 0.25) is 5.91 Å². The first-order chi connectivity index (χ1) is 8.31. The highest BCUT2D eigenvalue weighted by Crippen LogP contribution is 2.22. The molecule has 0 saturated heterocycles. The smallest absolute Gasteiger partial charge is 0.219 e. The van der Waals surface area contributed by atoms with Crippen LogP contribution < -0.4 is 5.32 Å². The maximum atomic E-state index is 11.1. The maximum absolute atomic E-state index is 11.1. The molecule has 1 N–H and O–H groups in total. The first-order valence-corrected chi connectivity index (χ1v) is 6.45. The number of aromatic nitrogens is 2. The van der Waals surface area contributed by atoms with E-state index in [1.54, 1.807) is 24.6 Å². The van der Waals surface area contributed by atoms with Gasteiger partial charge in [0.25, 0.3) is 0 Å². The highest BCUT2D eigenvalue weighted by molar-refractivity contribution is 7.13. The zero-order chi connectivity index (χ0) is 12.1. The number of nitrogens with one attached hydrogen (secondary N) is 1. The molecule has 2 aromatic heterocycles. The van der Waals surface area contributed by atoms with Crippen LogP contribution in [0.4, 0.5) is 0 Å². The van der Waals surface area contributed by atoms with E-state index in [1.807, 2.05) is 17.6 Å². The number of nitrogens with zero attached hydrogens (tertiary/aromatic N) is 2. The van der Waals surface area contributed by atoms with E-state index in [9.17, 15) is 4.79 Å². The lowest BCUT2D eigenvalue weighted by atomic mass is 10.3. The molecule has 0 aromatic carbocycles. The van der Waals surface area contributed by atoms with Gasteiger partial charge >= 0.3 is 0 Å². The molecule has 2 heterocycles. The second kappa shape index (κ2) is 5.63. The summed E-state index contributed by atoms with van der Waals surface area (Å²) in [5.41, 5.74) is 0. The number of imidazole rings is 1. The average molecular weight is 249 g/mol. The van der Waals surface area contributed by atoms with Crippen molar-refractivity contribution in [3.8, 4) is 10.7 Å². The topological polar surface area (TPSA) is 46.9 Å². The molecule has 2 aromatic rings. The fourth-order valence-corrected chi connectivity index (χ4v) is 2.39. The van der Waals surface area contributed by atoms with Gasteiger partial charge in [-0.1, -0.05) is 6.07 Å². The van der Waals surface area contributed by atoms with Crippen LogP contribution in [-0.2, 0) is 11.3 Å². The lowest BCUT2D eigenvalue weighted by Gasteiger charge is -2.05. The first kappa shape index (κ1) is 11.9. The predicted octanol–water partition coefficient (Wildman–Crippen LogP) is 2.14. The summed E-state index contributed by atoms with van der Waals surface area (Å²) in [4.78, 5) is 16.6. The Balaban J connectivity index is 1.98. The molecule has 0 radical (unpaired) electrons. The molecule has 17 heavy (non-hydrogen) atoms. The lowest BCUT2D eigenvalue weighted by Crippen LogP contribution is -2.17. The van der Waals surface area contributed by atoms with Gasteiger partial charge in [-0.25, -0.2) is 4.98 Å². The Kier molecular flexibility index (Phi) is 3.93. The zero-order valence-electron chi connectivity index (χ0n) is 9.72. The van der Waals surface area contributed by atoms with E-state index < -0.39 is 0 Å². The van der Waals surface area contributed by atoms with Crippen molar-refractivity contribution in [1.82, 2.24) is 14.9 Å². The number of carbonyl (C=O) groups excluding carboxylic acids is 1. The number of hydrogen-bond donors (Lipinski definition) is 1. The summed E-state index contributed by atoms with van der Waals surface area (Å²) in [5.74, 6) is 1.07. The van der Waals surface area contributed by atoms with E-state index in [2.05, 4.69) is 20.9 Å². The van der Waals surface area contributed by atoms with E-state index in [-0.39, 0.29) is 5.91 Å². The Labute approximate surface area is 104 Å². The van der Waals surface area contributed by atoms with Gasteiger partial charge in [-0.2, -0.15) is 0 Å². The lowest BCUT2D eigenvalue weighted by molar-refractivity contribution is -0.120. The molecule has 2 rings (SSSR count). The molecule has 0 aliphatic heterocycles. The van der Waals surface area contributed by atoms with Gasteiger partial charge in [0.05, 0.1) is 4.88 Å². The van der Waals surface area contributed by atoms with Crippen molar-refractivity contribution in [2.75, 3.05) is 7.05 Å². The van der Waals surface area contributed by atoms with Gasteiger partial charge in [0.1, 0.15) is 5.82 Å². The minimum absolute atomic E-state index is 0.0859. The molecule has 4 nitrogen and oxygen atoms in total. The van der Waals surface area contributed by atoms with Gasteiger partial charge in [-0.15, -0.1) is 11.3 Å². The monoisotopic (exact) mass is 249 g/mol. The predicted molar refractivity (Wildman–Crippen MR) is 68.8 cm³/mol. The quantitative estimate of drug-likeness (QED) is 0.882. The third kappa shape index (κ3) is 2.94. The molecule has 0 saturated carbocycles. The average Bonchev–Trinajstić information content (AvgIpc) is 2.98. The first-order valence-electron chi connectivity index (χ1n) is 5.57. The van der Waals surface area contributed by atoms with Crippen molar-refractivity contribution in [1.29, 1.82) is 0 Å². The Morgan fingerprint density at radius 2 is 2.47 bits per heavy atom. The Morgan fingerprint density at radius 3 is 3.18 bits per heavy atom. The fraction of sp³-hybridized carbons (Fsp3) is 0.333. The van der Waals surface area contributed by atoms with E-state index in [0.29, 0.717) is 6.42 Å². The number of rotatable bonds is 5. The minimum Gasteiger partial charge on any atom is -0.359 e. The molecule has 90 valence electrons. The zero-order valence-corrected chi connectivity index (χ0v) is 10.5. The number of hydrogen-bond acceptors (Lipinski definition) is 3. The summed E-state index contributed by atoms with van der Waals surface area (Å²) in [6.07, 6.45) is 5.14. The van der Waals surface area contributed by atoms with Gasteiger partial charge in [0, 0.05) is 32.4 Å². The molecule has 0 bridgehead atoms. The highest BCUT2D eigenvalue weighted by Gasteiger charge is 2.06. The summed E-state index contributed by atoms with van der Waals surface area (Å²) in [6.45, 7) is 0.820. The molecule has 0 spiro atoms. The highest BCUT2D eigenvalue weighted by atomic mass is 32.1. The van der Waals surface area contributed by atoms with Crippen LogP contribution in [0.25, 0.3) is 10.7 Å². The number of amides is 1. The summed E-state index contributed by atoms with van der Waals surface area (Å²) in [6, 6.07) is 4.08. The molecule has 0 unspecified atom stereocenters. The van der Waals surface area contributed by atoms with Crippen LogP contribution in [0.3, 0.4) is 0 Å². The van der Waals surface area contributed by atoms with Crippen LogP contribution in [0.15, 0.2) is 29.9 Å². The molecular weight excluding hydrogens is 234 g/mol. The van der Waals surface area contributed by atoms with Gasteiger partial charge in [-0.05, 0) is 17.9 Å². The molecule has 5 heteroatoms. The van der Waals surface area contributed by atoms with E-state index in [1.165, 1.54) is 0 Å². The number of thiophene rings is 1. The third-order valence-electron chi connectivity index (χ3n) is 2.54. The molecule has 0 aliphatic rings. The number of carbonyl (C=O) groups is 1. The molecule has 0 aliphatic carbocycles. The van der Waals surface area contributed by atoms with Crippen LogP contribution in [0.1, 0.15) is 12.8 Å². The second-order valence-electron chi connectivity index (χ2n) is 3.70. The molecule has 0 atom stereocenters. The van der Waals surface area contributed by atoms with Crippen molar-refractivity contribution in [2.24, 2.45) is 0 Å². The largest absolute Gasteiger partial charge is 0.359 e. The SMILES string of the molecule is CNC(=O)CCCn1ccnc1-c1cccs1. The van der Waals surface area contributed by atoms with Crippen LogP contribution in [0, 0.1) is 0 Å². The minimum atomic E-state index is 0.0859.